The van der Waals surface area contributed by atoms with E-state index >= 15 is 0 Å². The van der Waals surface area contributed by atoms with Crippen LogP contribution in [0.25, 0.3) is 21.0 Å². The van der Waals surface area contributed by atoms with Crippen LogP contribution in [0.15, 0.2) is 77.6 Å². The second-order valence-corrected chi connectivity index (χ2v) is 9.50. The van der Waals surface area contributed by atoms with Gasteiger partial charge in [-0.25, -0.2) is 4.98 Å². The first kappa shape index (κ1) is 21.4. The first-order valence-electron chi connectivity index (χ1n) is 11.2. The summed E-state index contributed by atoms with van der Waals surface area (Å²) in [7, 11) is 0. The Balaban J connectivity index is 0.00000274. The quantitative estimate of drug-likeness (QED) is 0.382. The molecule has 0 aliphatic heterocycles. The van der Waals surface area contributed by atoms with Crippen LogP contribution in [0.2, 0.25) is 0 Å². The van der Waals surface area contributed by atoms with Gasteiger partial charge in [0.2, 0.25) is 0 Å². The minimum absolute atomic E-state index is 0. The Kier molecular flexibility index (Phi) is 5.98. The molecule has 0 bridgehead atoms. The largest absolute Gasteiger partial charge is 0.405 e. The average molecular weight is 460 g/mol. The van der Waals surface area contributed by atoms with E-state index in [0.29, 0.717) is 19.1 Å². The van der Waals surface area contributed by atoms with E-state index in [4.69, 9.17) is 11.5 Å². The highest BCUT2D eigenvalue weighted by molar-refractivity contribution is 7.18. The van der Waals surface area contributed by atoms with Crippen LogP contribution in [-0.2, 0) is 19.4 Å². The first-order chi connectivity index (χ1) is 16.2. The molecule has 0 amide bonds. The fraction of sp³-hybridized carbons (Fsp3) is 0.231. The summed E-state index contributed by atoms with van der Waals surface area (Å²) in [5.41, 5.74) is 14.5. The zero-order chi connectivity index (χ0) is 22.8. The van der Waals surface area contributed by atoms with Crippen molar-refractivity contribution in [2.75, 3.05) is 6.54 Å². The van der Waals surface area contributed by atoms with Crippen molar-refractivity contribution in [1.82, 2.24) is 14.9 Å². The molecule has 0 saturated heterocycles. The van der Waals surface area contributed by atoms with Gasteiger partial charge in [-0.2, -0.15) is 0 Å². The predicted molar refractivity (Wildman–Crippen MR) is 138 cm³/mol. The van der Waals surface area contributed by atoms with E-state index in [1.165, 1.54) is 27.4 Å². The molecule has 5 rings (SSSR count). The number of hydrogen-bond donors (Lipinski definition) is 3. The van der Waals surface area contributed by atoms with Crippen molar-refractivity contribution in [3.8, 4) is 0 Å². The van der Waals surface area contributed by atoms with Crippen molar-refractivity contribution in [3.05, 3.63) is 99.2 Å². The SMILES string of the molecule is N/C=C\C(=C/N)CNC1CCc2c(sc3ncn(Cc4cccc5ccccc45)c(=O)c23)C1.[HH]. The van der Waals surface area contributed by atoms with Gasteiger partial charge in [-0.15, -0.1) is 11.3 Å². The summed E-state index contributed by atoms with van der Waals surface area (Å²) in [6.07, 6.45) is 9.32. The zero-order valence-electron chi connectivity index (χ0n) is 18.3. The number of fused-ring (bicyclic) bond motifs is 4. The Morgan fingerprint density at radius 2 is 2.09 bits per heavy atom. The summed E-state index contributed by atoms with van der Waals surface area (Å²) in [5.74, 6) is 0. The van der Waals surface area contributed by atoms with Gasteiger partial charge in [-0.05, 0) is 65.2 Å². The van der Waals surface area contributed by atoms with Gasteiger partial charge in [0, 0.05) is 18.9 Å². The number of aryl methyl sites for hydroxylation is 1. The van der Waals surface area contributed by atoms with Crippen LogP contribution < -0.4 is 22.3 Å². The lowest BCUT2D eigenvalue weighted by atomic mass is 9.93. The maximum atomic E-state index is 13.5. The number of benzene rings is 2. The van der Waals surface area contributed by atoms with Crippen LogP contribution in [0.4, 0.5) is 0 Å². The number of nitrogens with two attached hydrogens (primary N) is 2. The summed E-state index contributed by atoms with van der Waals surface area (Å²) in [4.78, 5) is 20.3. The third-order valence-electron chi connectivity index (χ3n) is 6.38. The molecule has 2 aromatic carbocycles. The number of hydrogen-bond acceptors (Lipinski definition) is 6. The van der Waals surface area contributed by atoms with E-state index in [2.05, 4.69) is 34.6 Å². The molecular formula is C26H29N5OS. The Labute approximate surface area is 197 Å². The van der Waals surface area contributed by atoms with Crippen LogP contribution in [-0.4, -0.2) is 22.1 Å². The molecule has 0 radical (unpaired) electrons. The molecule has 0 spiro atoms. The fourth-order valence-electron chi connectivity index (χ4n) is 4.66. The molecule has 0 saturated carbocycles. The van der Waals surface area contributed by atoms with Crippen LogP contribution in [0, 0.1) is 0 Å². The molecule has 5 N–H and O–H groups in total. The van der Waals surface area contributed by atoms with E-state index in [0.717, 1.165) is 40.6 Å². The Bertz CT molecular complexity index is 1430. The van der Waals surface area contributed by atoms with Crippen LogP contribution in [0.3, 0.4) is 0 Å². The summed E-state index contributed by atoms with van der Waals surface area (Å²) < 4.78 is 1.75. The number of thiophene rings is 1. The molecular weight excluding hydrogens is 430 g/mol. The Morgan fingerprint density at radius 3 is 2.94 bits per heavy atom. The second kappa shape index (κ2) is 9.21. The molecule has 1 aliphatic carbocycles. The average Bonchev–Trinajstić information content (AvgIpc) is 3.22. The lowest BCUT2D eigenvalue weighted by Crippen LogP contribution is -2.35. The van der Waals surface area contributed by atoms with Gasteiger partial charge in [0.1, 0.15) is 4.83 Å². The number of nitrogens with zero attached hydrogens (tertiary/aromatic N) is 2. The van der Waals surface area contributed by atoms with Gasteiger partial charge in [-0.1, -0.05) is 42.5 Å². The number of aromatic nitrogens is 2. The van der Waals surface area contributed by atoms with Gasteiger partial charge >= 0.3 is 0 Å². The monoisotopic (exact) mass is 459 g/mol. The first-order valence-corrected chi connectivity index (χ1v) is 12.0. The lowest BCUT2D eigenvalue weighted by molar-refractivity contribution is 0.482. The van der Waals surface area contributed by atoms with E-state index in [1.807, 2.05) is 24.3 Å². The number of rotatable bonds is 6. The van der Waals surface area contributed by atoms with Gasteiger partial charge in [-0.3, -0.25) is 9.36 Å². The predicted octanol–water partition coefficient (Wildman–Crippen LogP) is 3.67. The molecule has 1 aliphatic rings. The van der Waals surface area contributed by atoms with E-state index in [-0.39, 0.29) is 6.99 Å². The smallest absolute Gasteiger partial charge is 0.262 e. The third-order valence-corrected chi connectivity index (χ3v) is 7.54. The Hall–Kier alpha value is -3.42. The minimum Gasteiger partial charge on any atom is -0.405 e. The maximum Gasteiger partial charge on any atom is 0.262 e. The summed E-state index contributed by atoms with van der Waals surface area (Å²) >= 11 is 1.65. The molecule has 1 unspecified atom stereocenters. The fourth-order valence-corrected chi connectivity index (χ4v) is 5.92. The molecule has 4 aromatic rings. The topological polar surface area (TPSA) is 99.0 Å². The molecule has 0 fully saturated rings. The van der Waals surface area contributed by atoms with Crippen molar-refractivity contribution < 1.29 is 1.43 Å². The van der Waals surface area contributed by atoms with Crippen molar-refractivity contribution in [1.29, 1.82) is 0 Å². The van der Waals surface area contributed by atoms with Gasteiger partial charge in [0.15, 0.2) is 0 Å². The summed E-state index contributed by atoms with van der Waals surface area (Å²) in [5, 5.41) is 6.71. The van der Waals surface area contributed by atoms with Crippen molar-refractivity contribution in [3.63, 3.8) is 0 Å². The molecule has 1 atom stereocenters. The molecule has 2 aromatic heterocycles. The molecule has 2 heterocycles. The number of nitrogens with one attached hydrogen (secondary N) is 1. The van der Waals surface area contributed by atoms with Gasteiger partial charge in [0.05, 0.1) is 18.3 Å². The second-order valence-electron chi connectivity index (χ2n) is 8.42. The van der Waals surface area contributed by atoms with E-state index in [9.17, 15) is 4.79 Å². The maximum absolute atomic E-state index is 13.5. The van der Waals surface area contributed by atoms with Crippen LogP contribution in [0.1, 0.15) is 23.9 Å². The van der Waals surface area contributed by atoms with Crippen LogP contribution in [0.5, 0.6) is 0 Å². The zero-order valence-corrected chi connectivity index (χ0v) is 19.1. The van der Waals surface area contributed by atoms with Gasteiger partial charge in [0.25, 0.3) is 5.56 Å². The van der Waals surface area contributed by atoms with Crippen LogP contribution >= 0.6 is 11.3 Å². The summed E-state index contributed by atoms with van der Waals surface area (Å²) in [6.45, 7) is 1.19. The molecule has 6 nitrogen and oxygen atoms in total. The van der Waals surface area contributed by atoms with Crippen molar-refractivity contribution >= 4 is 32.3 Å². The van der Waals surface area contributed by atoms with E-state index < -0.39 is 0 Å². The lowest BCUT2D eigenvalue weighted by Gasteiger charge is -2.23. The van der Waals surface area contributed by atoms with Crippen molar-refractivity contribution in [2.24, 2.45) is 11.5 Å². The molecule has 7 heteroatoms. The van der Waals surface area contributed by atoms with Crippen molar-refractivity contribution in [2.45, 2.75) is 31.8 Å². The van der Waals surface area contributed by atoms with Gasteiger partial charge < -0.3 is 16.8 Å². The standard InChI is InChI=1S/C26H27N5OS.H2/c27-11-10-17(13-28)14-29-20-8-9-22-23(12-20)33-25-24(22)26(32)31(16-30-25)15-19-6-3-5-18-4-1-2-7-21(18)19;/h1-7,10-11,13,16,20,29H,8-9,12,14-15,27-28H2;1H/b11-10-,17-13+;. The minimum atomic E-state index is 0. The van der Waals surface area contributed by atoms with E-state index in [1.54, 1.807) is 28.4 Å². The highest BCUT2D eigenvalue weighted by Gasteiger charge is 2.25. The highest BCUT2D eigenvalue weighted by atomic mass is 32.1. The third kappa shape index (κ3) is 4.17. The Morgan fingerprint density at radius 1 is 1.24 bits per heavy atom. The molecule has 33 heavy (non-hydrogen) atoms. The normalized spacial score (nSPS) is 16.6. The molecule has 170 valence electrons. The highest BCUT2D eigenvalue weighted by Crippen LogP contribution is 2.33. The summed E-state index contributed by atoms with van der Waals surface area (Å²) in [6, 6.07) is 14.8.